The molecule has 0 unspecified atom stereocenters. The van der Waals surface area contributed by atoms with Gasteiger partial charge in [0.2, 0.25) is 6.79 Å². The van der Waals surface area contributed by atoms with Gasteiger partial charge in [-0.1, -0.05) is 6.07 Å². The van der Waals surface area contributed by atoms with E-state index < -0.39 is 5.41 Å². The van der Waals surface area contributed by atoms with E-state index in [2.05, 4.69) is 32.6 Å². The van der Waals surface area contributed by atoms with Gasteiger partial charge in [-0.3, -0.25) is 9.69 Å². The van der Waals surface area contributed by atoms with E-state index in [-0.39, 0.29) is 19.4 Å². The Morgan fingerprint density at radius 2 is 1.78 bits per heavy atom. The van der Waals surface area contributed by atoms with Gasteiger partial charge in [-0.15, -0.1) is 0 Å². The highest BCUT2D eigenvalue weighted by molar-refractivity contribution is 5.75. The first-order valence-electron chi connectivity index (χ1n) is 9.84. The summed E-state index contributed by atoms with van der Waals surface area (Å²) in [6.45, 7) is 15.2. The number of nitrogens with zero attached hydrogens (tertiary/aromatic N) is 1. The number of carbonyl (C=O) groups excluding carboxylic acids is 1. The Morgan fingerprint density at radius 3 is 2.30 bits per heavy atom. The molecule has 5 nitrogen and oxygen atoms in total. The summed E-state index contributed by atoms with van der Waals surface area (Å²) in [5.41, 5.74) is 1.33. The fourth-order valence-electron chi connectivity index (χ4n) is 3.00. The van der Waals surface area contributed by atoms with Crippen molar-refractivity contribution in [1.82, 2.24) is 4.90 Å². The van der Waals surface area contributed by atoms with Gasteiger partial charge in [-0.05, 0) is 91.1 Å². The first-order chi connectivity index (χ1) is 12.6. The Bertz CT molecular complexity index is 582. The number of ether oxygens (including phenoxy) is 2. The van der Waals surface area contributed by atoms with Crippen LogP contribution in [0.3, 0.4) is 0 Å². The largest absolute Gasteiger partial charge is 0.457 e. The van der Waals surface area contributed by atoms with Crippen molar-refractivity contribution in [3.8, 4) is 5.75 Å². The molecule has 0 saturated heterocycles. The number of esters is 1. The van der Waals surface area contributed by atoms with Crippen LogP contribution in [0.25, 0.3) is 0 Å². The molecule has 0 fully saturated rings. The zero-order chi connectivity index (χ0) is 20.6. The van der Waals surface area contributed by atoms with E-state index in [4.69, 9.17) is 9.47 Å². The second kappa shape index (κ2) is 10.7. The van der Waals surface area contributed by atoms with Crippen LogP contribution in [0.15, 0.2) is 18.2 Å². The summed E-state index contributed by atoms with van der Waals surface area (Å²) in [6.07, 6.45) is 1.83. The maximum atomic E-state index is 11.9. The van der Waals surface area contributed by atoms with Crippen molar-refractivity contribution in [3.63, 3.8) is 0 Å². The number of carbonyl (C=O) groups is 1. The molecule has 1 aromatic carbocycles. The molecular weight excluding hydrogens is 342 g/mol. The van der Waals surface area contributed by atoms with Crippen molar-refractivity contribution in [1.29, 1.82) is 0 Å². The van der Waals surface area contributed by atoms with Crippen molar-refractivity contribution in [2.24, 2.45) is 5.41 Å². The zero-order valence-corrected chi connectivity index (χ0v) is 18.0. The molecule has 0 atom stereocenters. The van der Waals surface area contributed by atoms with Crippen LogP contribution >= 0.6 is 0 Å². The maximum Gasteiger partial charge on any atom is 0.314 e. The highest BCUT2D eigenvalue weighted by Crippen LogP contribution is 2.23. The molecule has 0 aliphatic rings. The van der Waals surface area contributed by atoms with Crippen LogP contribution in [0, 0.1) is 5.41 Å². The fraction of sp³-hybridized carbons (Fsp3) is 0.682. The summed E-state index contributed by atoms with van der Waals surface area (Å²) >= 11 is 0. The number of aliphatic hydroxyl groups excluding tert-OH is 1. The van der Waals surface area contributed by atoms with E-state index in [0.717, 1.165) is 30.5 Å². The number of hydrogen-bond acceptors (Lipinski definition) is 5. The van der Waals surface area contributed by atoms with E-state index in [1.54, 1.807) is 0 Å². The molecule has 5 heteroatoms. The third kappa shape index (κ3) is 7.89. The highest BCUT2D eigenvalue weighted by atomic mass is 16.7. The van der Waals surface area contributed by atoms with Crippen LogP contribution in [-0.2, 0) is 22.6 Å². The number of hydrogen-bond donors (Lipinski definition) is 1. The lowest BCUT2D eigenvalue weighted by Crippen LogP contribution is -2.37. The quantitative estimate of drug-likeness (QED) is 0.489. The molecule has 0 saturated carbocycles. The van der Waals surface area contributed by atoms with Crippen molar-refractivity contribution in [3.05, 3.63) is 29.3 Å². The van der Waals surface area contributed by atoms with E-state index in [0.29, 0.717) is 17.8 Å². The predicted molar refractivity (Wildman–Crippen MR) is 109 cm³/mol. The first-order valence-corrected chi connectivity index (χ1v) is 9.84. The van der Waals surface area contributed by atoms with Crippen LogP contribution in [0.1, 0.15) is 66.0 Å². The molecule has 1 aromatic rings. The molecule has 0 radical (unpaired) electrons. The lowest BCUT2D eigenvalue weighted by atomic mass is 9.98. The average molecular weight is 380 g/mol. The van der Waals surface area contributed by atoms with Gasteiger partial charge >= 0.3 is 5.97 Å². The van der Waals surface area contributed by atoms with E-state index in [1.807, 2.05) is 39.0 Å². The Balaban J connectivity index is 2.72. The van der Waals surface area contributed by atoms with Gasteiger partial charge in [0, 0.05) is 12.1 Å². The van der Waals surface area contributed by atoms with Crippen LogP contribution in [0.4, 0.5) is 0 Å². The van der Waals surface area contributed by atoms with Gasteiger partial charge in [0.25, 0.3) is 0 Å². The topological polar surface area (TPSA) is 59.0 Å². The lowest BCUT2D eigenvalue weighted by Gasteiger charge is -2.30. The van der Waals surface area contributed by atoms with Crippen LogP contribution in [0.5, 0.6) is 5.75 Å². The molecule has 0 aromatic heterocycles. The van der Waals surface area contributed by atoms with Gasteiger partial charge in [-0.25, -0.2) is 0 Å². The Morgan fingerprint density at radius 1 is 1.15 bits per heavy atom. The van der Waals surface area contributed by atoms with Crippen molar-refractivity contribution in [2.45, 2.75) is 80.0 Å². The molecule has 27 heavy (non-hydrogen) atoms. The monoisotopic (exact) mass is 379 g/mol. The SMILES string of the molecule is CC(C)N(CCCc1cc(CO)ccc1OCOC(=O)C(C)(C)C)C(C)C. The molecule has 1 N–H and O–H groups in total. The van der Waals surface area contributed by atoms with Gasteiger partial charge in [-0.2, -0.15) is 0 Å². The van der Waals surface area contributed by atoms with Gasteiger partial charge in [0.05, 0.1) is 12.0 Å². The summed E-state index contributed by atoms with van der Waals surface area (Å²) in [5.74, 6) is 0.412. The van der Waals surface area contributed by atoms with Crippen LogP contribution in [-0.4, -0.2) is 41.4 Å². The van der Waals surface area contributed by atoms with E-state index in [1.165, 1.54) is 0 Å². The van der Waals surface area contributed by atoms with Gasteiger partial charge < -0.3 is 14.6 Å². The number of aryl methyl sites for hydroxylation is 1. The van der Waals surface area contributed by atoms with Crippen molar-refractivity contribution < 1.29 is 19.4 Å². The molecule has 0 aliphatic heterocycles. The summed E-state index contributed by atoms with van der Waals surface area (Å²) in [7, 11) is 0. The van der Waals surface area contributed by atoms with Crippen molar-refractivity contribution in [2.75, 3.05) is 13.3 Å². The number of benzene rings is 1. The van der Waals surface area contributed by atoms with E-state index in [9.17, 15) is 9.90 Å². The molecule has 0 heterocycles. The summed E-state index contributed by atoms with van der Waals surface area (Å²) in [5, 5.41) is 9.43. The van der Waals surface area contributed by atoms with Crippen LogP contribution < -0.4 is 4.74 Å². The Labute approximate surface area is 164 Å². The molecular formula is C22H37NO4. The molecule has 0 aliphatic carbocycles. The average Bonchev–Trinajstić information content (AvgIpc) is 2.57. The Kier molecular flexibility index (Phi) is 9.27. The van der Waals surface area contributed by atoms with Crippen LogP contribution in [0.2, 0.25) is 0 Å². The Hall–Kier alpha value is -1.59. The smallest absolute Gasteiger partial charge is 0.314 e. The van der Waals surface area contributed by atoms with Gasteiger partial charge in [0.15, 0.2) is 0 Å². The van der Waals surface area contributed by atoms with Crippen molar-refractivity contribution >= 4 is 5.97 Å². The first kappa shape index (κ1) is 23.4. The minimum absolute atomic E-state index is 0.00357. The van der Waals surface area contributed by atoms with Gasteiger partial charge in [0.1, 0.15) is 5.75 Å². The lowest BCUT2D eigenvalue weighted by molar-refractivity contribution is -0.159. The normalized spacial score (nSPS) is 12.1. The maximum absolute atomic E-state index is 11.9. The predicted octanol–water partition coefficient (Wildman–Crippen LogP) is 4.16. The zero-order valence-electron chi connectivity index (χ0n) is 18.0. The second-order valence-electron chi connectivity index (χ2n) is 8.57. The molecule has 0 spiro atoms. The molecule has 0 amide bonds. The summed E-state index contributed by atoms with van der Waals surface area (Å²) in [4.78, 5) is 14.3. The third-order valence-corrected chi connectivity index (χ3v) is 4.51. The molecule has 1 rings (SSSR count). The minimum atomic E-state index is -0.552. The van der Waals surface area contributed by atoms with E-state index >= 15 is 0 Å². The number of aliphatic hydroxyl groups is 1. The fourth-order valence-corrected chi connectivity index (χ4v) is 3.00. The standard InChI is InChI=1S/C22H37NO4/c1-16(2)23(17(3)4)12-8-9-19-13-18(14-24)10-11-20(19)26-15-27-21(25)22(5,6)7/h10-11,13,16-17,24H,8-9,12,14-15H2,1-7H3. The minimum Gasteiger partial charge on any atom is -0.457 e. The molecule has 154 valence electrons. The highest BCUT2D eigenvalue weighted by Gasteiger charge is 2.23. The third-order valence-electron chi connectivity index (χ3n) is 4.51. The second-order valence-corrected chi connectivity index (χ2v) is 8.57. The summed E-state index contributed by atoms with van der Waals surface area (Å²) in [6, 6.07) is 6.64. The molecule has 0 bridgehead atoms. The summed E-state index contributed by atoms with van der Waals surface area (Å²) < 4.78 is 10.9. The number of rotatable bonds is 10.